The number of hydrogen-bond donors (Lipinski definition) is 1. The Kier molecular flexibility index (Phi) is 6.46. The molecule has 8 heteroatoms. The number of nitrogens with one attached hydrogen (secondary N) is 1. The molecule has 0 spiro atoms. The first-order valence-corrected chi connectivity index (χ1v) is 8.26. The highest BCUT2D eigenvalue weighted by atomic mass is 32.2. The third-order valence-corrected chi connectivity index (χ3v) is 4.14. The van der Waals surface area contributed by atoms with Crippen LogP contribution in [0.15, 0.2) is 47.6 Å². The molecule has 0 unspecified atom stereocenters. The van der Waals surface area contributed by atoms with Gasteiger partial charge in [0, 0.05) is 32.4 Å². The van der Waals surface area contributed by atoms with Crippen LogP contribution in [-0.2, 0) is 6.54 Å². The minimum Gasteiger partial charge on any atom is -0.355 e. The Bertz CT molecular complexity index is 754. The molecule has 0 atom stereocenters. The number of aromatic nitrogens is 1. The third-order valence-electron chi connectivity index (χ3n) is 3.41. The molecule has 0 aliphatic heterocycles. The number of carbonyl (C=O) groups excluding carboxylic acids is 2. The SMILES string of the molecule is CNC(=O)c1ccc(CN(C)C(=O)c2cccnc2SC(F)F)cc1. The first-order valence-electron chi connectivity index (χ1n) is 7.38. The molecular weight excluding hydrogens is 348 g/mol. The molecule has 0 aliphatic rings. The minimum atomic E-state index is -2.65. The summed E-state index contributed by atoms with van der Waals surface area (Å²) in [6.45, 7) is 0.278. The van der Waals surface area contributed by atoms with E-state index in [9.17, 15) is 18.4 Å². The summed E-state index contributed by atoms with van der Waals surface area (Å²) in [7, 11) is 3.13. The first kappa shape index (κ1) is 18.9. The van der Waals surface area contributed by atoms with Gasteiger partial charge in [0.2, 0.25) is 0 Å². The lowest BCUT2D eigenvalue weighted by atomic mass is 10.1. The van der Waals surface area contributed by atoms with E-state index >= 15 is 0 Å². The van der Waals surface area contributed by atoms with Crippen molar-refractivity contribution in [2.24, 2.45) is 0 Å². The molecule has 2 amide bonds. The second-order valence-electron chi connectivity index (χ2n) is 5.17. The standard InChI is InChI=1S/C17H17F2N3O2S/c1-20-14(23)12-7-5-11(6-8-12)10-22(2)16(24)13-4-3-9-21-15(13)25-17(18)19/h3-9,17H,10H2,1-2H3,(H,20,23). The van der Waals surface area contributed by atoms with Crippen LogP contribution in [0.2, 0.25) is 0 Å². The van der Waals surface area contributed by atoms with Crippen molar-refractivity contribution in [3.05, 3.63) is 59.3 Å². The van der Waals surface area contributed by atoms with Crippen molar-refractivity contribution in [1.29, 1.82) is 0 Å². The van der Waals surface area contributed by atoms with Crippen LogP contribution in [0, 0.1) is 0 Å². The first-order chi connectivity index (χ1) is 11.9. The average molecular weight is 365 g/mol. The summed E-state index contributed by atoms with van der Waals surface area (Å²) in [6, 6.07) is 9.82. The number of rotatable bonds is 6. The van der Waals surface area contributed by atoms with Gasteiger partial charge in [0.1, 0.15) is 5.03 Å². The fraction of sp³-hybridized carbons (Fsp3) is 0.235. The lowest BCUT2D eigenvalue weighted by Gasteiger charge is -2.18. The van der Waals surface area contributed by atoms with E-state index in [1.807, 2.05) is 0 Å². The van der Waals surface area contributed by atoms with Crippen LogP contribution in [0.4, 0.5) is 8.78 Å². The number of halogens is 2. The Morgan fingerprint density at radius 3 is 2.52 bits per heavy atom. The number of nitrogens with zero attached hydrogens (tertiary/aromatic N) is 2. The Hall–Kier alpha value is -2.48. The molecule has 1 aromatic carbocycles. The summed E-state index contributed by atoms with van der Waals surface area (Å²) in [6.07, 6.45) is 1.37. The zero-order chi connectivity index (χ0) is 18.4. The van der Waals surface area contributed by atoms with E-state index in [0.29, 0.717) is 5.56 Å². The van der Waals surface area contributed by atoms with Gasteiger partial charge in [0.25, 0.3) is 17.6 Å². The Morgan fingerprint density at radius 1 is 1.24 bits per heavy atom. The summed E-state index contributed by atoms with van der Waals surface area (Å²) in [5, 5.41) is 2.53. The van der Waals surface area contributed by atoms with Crippen molar-refractivity contribution in [2.75, 3.05) is 14.1 Å². The molecule has 0 radical (unpaired) electrons. The molecule has 0 fully saturated rings. The summed E-state index contributed by atoms with van der Waals surface area (Å²) >= 11 is 0.248. The molecule has 0 saturated heterocycles. The maximum absolute atomic E-state index is 12.6. The molecule has 1 N–H and O–H groups in total. The number of alkyl halides is 2. The van der Waals surface area contributed by atoms with Crippen molar-refractivity contribution >= 4 is 23.6 Å². The maximum Gasteiger partial charge on any atom is 0.290 e. The van der Waals surface area contributed by atoms with Gasteiger partial charge < -0.3 is 10.2 Å². The van der Waals surface area contributed by atoms with E-state index in [1.165, 1.54) is 23.2 Å². The molecule has 0 saturated carbocycles. The van der Waals surface area contributed by atoms with Crippen LogP contribution in [0.1, 0.15) is 26.3 Å². The van der Waals surface area contributed by atoms with E-state index in [2.05, 4.69) is 10.3 Å². The highest BCUT2D eigenvalue weighted by Crippen LogP contribution is 2.27. The Labute approximate surface area is 148 Å². The number of pyridine rings is 1. The van der Waals surface area contributed by atoms with Gasteiger partial charge >= 0.3 is 0 Å². The van der Waals surface area contributed by atoms with Crippen LogP contribution in [-0.4, -0.2) is 41.6 Å². The third kappa shape index (κ3) is 4.99. The van der Waals surface area contributed by atoms with E-state index in [0.717, 1.165) is 5.56 Å². The van der Waals surface area contributed by atoms with Crippen molar-refractivity contribution in [1.82, 2.24) is 15.2 Å². The second-order valence-corrected chi connectivity index (χ2v) is 6.15. The molecule has 2 aromatic rings. The number of amides is 2. The van der Waals surface area contributed by atoms with Crippen molar-refractivity contribution in [2.45, 2.75) is 17.3 Å². The van der Waals surface area contributed by atoms with Gasteiger partial charge in [0.05, 0.1) is 5.56 Å². The van der Waals surface area contributed by atoms with Crippen molar-refractivity contribution < 1.29 is 18.4 Å². The summed E-state index contributed by atoms with van der Waals surface area (Å²) in [5.41, 5.74) is 1.47. The van der Waals surface area contributed by atoms with E-state index < -0.39 is 11.7 Å². The molecular formula is C17H17F2N3O2S. The molecule has 1 aromatic heterocycles. The molecule has 132 valence electrons. The van der Waals surface area contributed by atoms with E-state index in [4.69, 9.17) is 0 Å². The zero-order valence-electron chi connectivity index (χ0n) is 13.7. The molecule has 2 rings (SSSR count). The van der Waals surface area contributed by atoms with Crippen LogP contribution in [0.5, 0.6) is 0 Å². The largest absolute Gasteiger partial charge is 0.355 e. The Balaban J connectivity index is 2.12. The number of thioether (sulfide) groups is 1. The fourth-order valence-electron chi connectivity index (χ4n) is 2.19. The van der Waals surface area contributed by atoms with Crippen LogP contribution in [0.25, 0.3) is 0 Å². The van der Waals surface area contributed by atoms with Crippen LogP contribution >= 0.6 is 11.8 Å². The monoisotopic (exact) mass is 365 g/mol. The topological polar surface area (TPSA) is 62.3 Å². The second kappa shape index (κ2) is 8.57. The van der Waals surface area contributed by atoms with Crippen LogP contribution in [0.3, 0.4) is 0 Å². The molecule has 5 nitrogen and oxygen atoms in total. The predicted octanol–water partition coefficient (Wildman–Crippen LogP) is 3.03. The van der Waals surface area contributed by atoms with Gasteiger partial charge in [0.15, 0.2) is 0 Å². The predicted molar refractivity (Wildman–Crippen MR) is 91.7 cm³/mol. The minimum absolute atomic E-state index is 0.00400. The molecule has 0 bridgehead atoms. The smallest absolute Gasteiger partial charge is 0.290 e. The van der Waals surface area contributed by atoms with Gasteiger partial charge in [-0.1, -0.05) is 12.1 Å². The molecule has 0 aliphatic carbocycles. The molecule has 25 heavy (non-hydrogen) atoms. The normalized spacial score (nSPS) is 10.6. The van der Waals surface area contributed by atoms with Crippen molar-refractivity contribution in [3.63, 3.8) is 0 Å². The van der Waals surface area contributed by atoms with Gasteiger partial charge in [-0.3, -0.25) is 9.59 Å². The summed E-state index contributed by atoms with van der Waals surface area (Å²) in [5.74, 6) is -3.24. The van der Waals surface area contributed by atoms with Gasteiger partial charge in [-0.25, -0.2) is 4.98 Å². The van der Waals surface area contributed by atoms with Gasteiger partial charge in [-0.2, -0.15) is 8.78 Å². The lowest BCUT2D eigenvalue weighted by molar-refractivity contribution is 0.0780. The molecule has 1 heterocycles. The highest BCUT2D eigenvalue weighted by molar-refractivity contribution is 7.99. The van der Waals surface area contributed by atoms with Gasteiger partial charge in [-0.15, -0.1) is 0 Å². The van der Waals surface area contributed by atoms with Crippen molar-refractivity contribution in [3.8, 4) is 0 Å². The van der Waals surface area contributed by atoms with Crippen LogP contribution < -0.4 is 5.32 Å². The van der Waals surface area contributed by atoms with E-state index in [-0.39, 0.29) is 34.8 Å². The maximum atomic E-state index is 12.6. The highest BCUT2D eigenvalue weighted by Gasteiger charge is 2.19. The lowest BCUT2D eigenvalue weighted by Crippen LogP contribution is -2.27. The average Bonchev–Trinajstić information content (AvgIpc) is 2.61. The summed E-state index contributed by atoms with van der Waals surface area (Å²) in [4.78, 5) is 29.3. The number of benzene rings is 1. The van der Waals surface area contributed by atoms with E-state index in [1.54, 1.807) is 38.4 Å². The fourth-order valence-corrected chi connectivity index (χ4v) is 2.76. The van der Waals surface area contributed by atoms with Gasteiger partial charge in [-0.05, 0) is 41.6 Å². The number of hydrogen-bond acceptors (Lipinski definition) is 4. The zero-order valence-corrected chi connectivity index (χ0v) is 14.5. The Morgan fingerprint density at radius 2 is 1.92 bits per heavy atom. The number of carbonyl (C=O) groups is 2. The quantitative estimate of drug-likeness (QED) is 0.800. The summed E-state index contributed by atoms with van der Waals surface area (Å²) < 4.78 is 25.2.